The fourth-order valence-corrected chi connectivity index (χ4v) is 1.90. The van der Waals surface area contributed by atoms with E-state index >= 15 is 0 Å². The van der Waals surface area contributed by atoms with Crippen molar-refractivity contribution in [1.82, 2.24) is 9.38 Å². The van der Waals surface area contributed by atoms with Crippen molar-refractivity contribution in [3.63, 3.8) is 0 Å². The fourth-order valence-electron chi connectivity index (χ4n) is 1.61. The molecule has 0 atom stereocenters. The molecule has 0 aromatic carbocycles. The molecule has 0 radical (unpaired) electrons. The summed E-state index contributed by atoms with van der Waals surface area (Å²) in [6, 6.07) is 3.74. The van der Waals surface area contributed by atoms with Crippen LogP contribution in [0.3, 0.4) is 0 Å². The number of nitrogens with zero attached hydrogens (tertiary/aromatic N) is 2. The van der Waals surface area contributed by atoms with Gasteiger partial charge in [0.25, 0.3) is 5.56 Å². The summed E-state index contributed by atoms with van der Waals surface area (Å²) in [6.45, 7) is 3.80. The first-order chi connectivity index (χ1) is 7.15. The highest BCUT2D eigenvalue weighted by molar-refractivity contribution is 6.30. The van der Waals surface area contributed by atoms with E-state index in [4.69, 9.17) is 11.6 Å². The Bertz CT molecular complexity index is 575. The summed E-state index contributed by atoms with van der Waals surface area (Å²) >= 11 is 5.96. The van der Waals surface area contributed by atoms with Crippen molar-refractivity contribution >= 4 is 17.2 Å². The van der Waals surface area contributed by atoms with Crippen molar-refractivity contribution in [3.05, 3.63) is 45.0 Å². The van der Waals surface area contributed by atoms with Crippen LogP contribution in [0.5, 0.6) is 0 Å². The summed E-state index contributed by atoms with van der Waals surface area (Å²) < 4.78 is 1.54. The number of aromatic nitrogens is 2. The maximum atomic E-state index is 12.0. The molecule has 0 spiro atoms. The van der Waals surface area contributed by atoms with Crippen LogP contribution < -0.4 is 5.56 Å². The quantitative estimate of drug-likeness (QED) is 0.694. The summed E-state index contributed by atoms with van der Waals surface area (Å²) in [5, 5.41) is 0.316. The minimum Gasteiger partial charge on any atom is -0.269 e. The molecule has 0 aliphatic carbocycles. The molecule has 0 aliphatic rings. The molecule has 2 heterocycles. The van der Waals surface area contributed by atoms with Crippen molar-refractivity contribution in [2.45, 2.75) is 20.3 Å². The highest BCUT2D eigenvalue weighted by Crippen LogP contribution is 2.13. The van der Waals surface area contributed by atoms with E-state index in [0.717, 1.165) is 5.56 Å². The third-order valence-electron chi connectivity index (χ3n) is 2.45. The number of fused-ring (bicyclic) bond motifs is 1. The zero-order chi connectivity index (χ0) is 11.0. The van der Waals surface area contributed by atoms with Crippen LogP contribution in [0.1, 0.15) is 18.1 Å². The van der Waals surface area contributed by atoms with E-state index in [9.17, 15) is 4.79 Å². The predicted molar refractivity (Wildman–Crippen MR) is 60.6 cm³/mol. The monoisotopic (exact) mass is 222 g/mol. The van der Waals surface area contributed by atoms with E-state index in [0.29, 0.717) is 22.8 Å². The second-order valence-electron chi connectivity index (χ2n) is 3.42. The maximum Gasteiger partial charge on any atom is 0.262 e. The van der Waals surface area contributed by atoms with Gasteiger partial charge in [-0.05, 0) is 25.0 Å². The van der Waals surface area contributed by atoms with Gasteiger partial charge in [-0.25, -0.2) is 4.98 Å². The number of hydrogen-bond donors (Lipinski definition) is 0. The molecule has 0 saturated heterocycles. The first kappa shape index (κ1) is 10.2. The van der Waals surface area contributed by atoms with Gasteiger partial charge in [-0.3, -0.25) is 9.20 Å². The van der Waals surface area contributed by atoms with E-state index in [-0.39, 0.29) is 5.56 Å². The lowest BCUT2D eigenvalue weighted by Gasteiger charge is -2.06. The Morgan fingerprint density at radius 2 is 2.27 bits per heavy atom. The summed E-state index contributed by atoms with van der Waals surface area (Å²) in [6.07, 6.45) is 2.31. The van der Waals surface area contributed by atoms with Gasteiger partial charge >= 0.3 is 0 Å². The predicted octanol–water partition coefficient (Wildman–Crippen LogP) is 2.22. The van der Waals surface area contributed by atoms with Crippen LogP contribution in [-0.2, 0) is 6.42 Å². The number of hydrogen-bond acceptors (Lipinski definition) is 2. The zero-order valence-electron chi connectivity index (χ0n) is 8.62. The Labute approximate surface area is 92.3 Å². The van der Waals surface area contributed by atoms with Crippen LogP contribution in [0.2, 0.25) is 5.15 Å². The van der Waals surface area contributed by atoms with E-state index < -0.39 is 0 Å². The van der Waals surface area contributed by atoms with Gasteiger partial charge in [0, 0.05) is 6.20 Å². The van der Waals surface area contributed by atoms with Gasteiger partial charge in [0.15, 0.2) is 0 Å². The van der Waals surface area contributed by atoms with Crippen LogP contribution in [0.4, 0.5) is 0 Å². The Balaban J connectivity index is 2.98. The number of halogens is 1. The van der Waals surface area contributed by atoms with Gasteiger partial charge in [-0.2, -0.15) is 0 Å². The normalized spacial score (nSPS) is 10.9. The molecule has 4 heteroatoms. The Morgan fingerprint density at radius 3 is 2.93 bits per heavy atom. The van der Waals surface area contributed by atoms with Crippen molar-refractivity contribution in [1.29, 1.82) is 0 Å². The van der Waals surface area contributed by atoms with E-state index in [1.54, 1.807) is 10.6 Å². The van der Waals surface area contributed by atoms with Gasteiger partial charge < -0.3 is 0 Å². The molecule has 0 amide bonds. The molecule has 0 saturated carbocycles. The third kappa shape index (κ3) is 1.53. The van der Waals surface area contributed by atoms with Gasteiger partial charge in [0.2, 0.25) is 0 Å². The summed E-state index contributed by atoms with van der Waals surface area (Å²) in [7, 11) is 0. The second kappa shape index (κ2) is 3.66. The lowest BCUT2D eigenvalue weighted by atomic mass is 10.2. The molecule has 0 N–H and O–H groups in total. The molecule has 2 aromatic heterocycles. The number of aryl methyl sites for hydroxylation is 1. The van der Waals surface area contributed by atoms with E-state index in [1.165, 1.54) is 0 Å². The van der Waals surface area contributed by atoms with Crippen LogP contribution in [0, 0.1) is 6.92 Å². The second-order valence-corrected chi connectivity index (χ2v) is 3.78. The summed E-state index contributed by atoms with van der Waals surface area (Å²) in [5.74, 6) is 0. The first-order valence-corrected chi connectivity index (χ1v) is 5.19. The molecule has 0 unspecified atom stereocenters. The molecule has 0 bridgehead atoms. The molecule has 3 nitrogen and oxygen atoms in total. The van der Waals surface area contributed by atoms with Crippen molar-refractivity contribution < 1.29 is 0 Å². The molecular formula is C11H11ClN2O. The zero-order valence-corrected chi connectivity index (χ0v) is 9.38. The SMILES string of the molecule is CCc1c(Cl)nc2c(C)cccn2c1=O. The summed E-state index contributed by atoms with van der Waals surface area (Å²) in [4.78, 5) is 16.2. The van der Waals surface area contributed by atoms with Crippen LogP contribution >= 0.6 is 11.6 Å². The lowest BCUT2D eigenvalue weighted by Crippen LogP contribution is -2.20. The van der Waals surface area contributed by atoms with Crippen molar-refractivity contribution in [2.24, 2.45) is 0 Å². The molecule has 2 rings (SSSR count). The fraction of sp³-hybridized carbons (Fsp3) is 0.273. The Hall–Kier alpha value is -1.35. The van der Waals surface area contributed by atoms with Gasteiger partial charge in [0.05, 0.1) is 5.56 Å². The average molecular weight is 223 g/mol. The van der Waals surface area contributed by atoms with Crippen LogP contribution in [0.15, 0.2) is 23.1 Å². The molecular weight excluding hydrogens is 212 g/mol. The standard InChI is InChI=1S/C11H11ClN2O/c1-3-8-9(12)13-10-7(2)5-4-6-14(10)11(8)15/h4-6H,3H2,1-2H3. The smallest absolute Gasteiger partial charge is 0.262 e. The van der Waals surface area contributed by atoms with Crippen LogP contribution in [-0.4, -0.2) is 9.38 Å². The van der Waals surface area contributed by atoms with E-state index in [1.807, 2.05) is 26.0 Å². The Kier molecular flexibility index (Phi) is 2.49. The average Bonchev–Trinajstić information content (AvgIpc) is 2.20. The highest BCUT2D eigenvalue weighted by atomic mass is 35.5. The Morgan fingerprint density at radius 1 is 1.53 bits per heavy atom. The molecule has 0 aliphatic heterocycles. The van der Waals surface area contributed by atoms with Crippen molar-refractivity contribution in [3.8, 4) is 0 Å². The van der Waals surface area contributed by atoms with E-state index in [2.05, 4.69) is 4.98 Å². The largest absolute Gasteiger partial charge is 0.269 e. The lowest BCUT2D eigenvalue weighted by molar-refractivity contribution is 0.961. The van der Waals surface area contributed by atoms with Gasteiger partial charge in [-0.1, -0.05) is 24.6 Å². The van der Waals surface area contributed by atoms with Gasteiger partial charge in [0.1, 0.15) is 10.8 Å². The van der Waals surface area contributed by atoms with Crippen LogP contribution in [0.25, 0.3) is 5.65 Å². The first-order valence-electron chi connectivity index (χ1n) is 4.81. The molecule has 0 fully saturated rings. The van der Waals surface area contributed by atoms with Gasteiger partial charge in [-0.15, -0.1) is 0 Å². The molecule has 15 heavy (non-hydrogen) atoms. The summed E-state index contributed by atoms with van der Waals surface area (Å²) in [5.41, 5.74) is 2.07. The highest BCUT2D eigenvalue weighted by Gasteiger charge is 2.09. The number of rotatable bonds is 1. The van der Waals surface area contributed by atoms with Crippen molar-refractivity contribution in [2.75, 3.05) is 0 Å². The number of pyridine rings is 1. The minimum absolute atomic E-state index is 0.0730. The maximum absolute atomic E-state index is 12.0. The minimum atomic E-state index is -0.0730. The molecule has 78 valence electrons. The molecule has 2 aromatic rings. The topological polar surface area (TPSA) is 34.4 Å². The third-order valence-corrected chi connectivity index (χ3v) is 2.76.